The van der Waals surface area contributed by atoms with Crippen LogP contribution in [0.4, 0.5) is 0 Å². The summed E-state index contributed by atoms with van der Waals surface area (Å²) in [6.07, 6.45) is 1.63. The zero-order valence-corrected chi connectivity index (χ0v) is 13.0. The number of H-pyrrole nitrogens is 1. The maximum Gasteiger partial charge on any atom is 0.137 e. The number of hydrogen-bond donors (Lipinski definition) is 1. The minimum absolute atomic E-state index is 0.417. The quantitative estimate of drug-likeness (QED) is 0.573. The number of thioether (sulfide) groups is 1. The van der Waals surface area contributed by atoms with Crippen molar-refractivity contribution in [2.24, 2.45) is 0 Å². The molecule has 1 N–H and O–H groups in total. The van der Waals surface area contributed by atoms with Crippen molar-refractivity contribution >= 4 is 23.4 Å². The number of aromatic nitrogens is 3. The highest BCUT2D eigenvalue weighted by Gasteiger charge is 2.15. The highest BCUT2D eigenvalue weighted by molar-refractivity contribution is 7.98. The lowest BCUT2D eigenvalue weighted by atomic mass is 10.1. The van der Waals surface area contributed by atoms with E-state index in [1.807, 2.05) is 24.3 Å². The number of nitriles is 1. The van der Waals surface area contributed by atoms with E-state index in [1.54, 1.807) is 12.3 Å². The Morgan fingerprint density at radius 1 is 1.18 bits per heavy atom. The first kappa shape index (κ1) is 14.6. The summed E-state index contributed by atoms with van der Waals surface area (Å²) in [6, 6.07) is 15.8. The van der Waals surface area contributed by atoms with Gasteiger partial charge in [-0.3, -0.25) is 5.10 Å². The number of hydrogen-bond acceptors (Lipinski definition) is 4. The molecule has 0 aliphatic rings. The summed E-state index contributed by atoms with van der Waals surface area (Å²) in [5, 5.41) is 17.7. The smallest absolute Gasteiger partial charge is 0.137 e. The number of nitrogens with zero attached hydrogens (tertiary/aromatic N) is 3. The normalized spacial score (nSPS) is 10.4. The molecule has 0 radical (unpaired) electrons. The van der Waals surface area contributed by atoms with E-state index in [0.29, 0.717) is 21.4 Å². The van der Waals surface area contributed by atoms with E-state index in [0.717, 1.165) is 11.3 Å². The second-order valence-electron chi connectivity index (χ2n) is 4.53. The van der Waals surface area contributed by atoms with Crippen molar-refractivity contribution in [1.29, 1.82) is 5.26 Å². The Balaban J connectivity index is 1.85. The minimum Gasteiger partial charge on any atom is -0.275 e. The first-order chi connectivity index (χ1) is 10.8. The maximum atomic E-state index is 9.43. The van der Waals surface area contributed by atoms with Gasteiger partial charge < -0.3 is 0 Å². The second kappa shape index (κ2) is 6.65. The molecule has 0 saturated carbocycles. The van der Waals surface area contributed by atoms with Crippen LogP contribution in [0.25, 0.3) is 11.3 Å². The van der Waals surface area contributed by atoms with Gasteiger partial charge in [0.1, 0.15) is 21.8 Å². The summed E-state index contributed by atoms with van der Waals surface area (Å²) in [4.78, 5) is 4.04. The van der Waals surface area contributed by atoms with Crippen LogP contribution >= 0.6 is 23.4 Å². The third kappa shape index (κ3) is 3.14. The van der Waals surface area contributed by atoms with Gasteiger partial charge in [-0.05, 0) is 17.7 Å². The van der Waals surface area contributed by atoms with Crippen molar-refractivity contribution < 1.29 is 0 Å². The largest absolute Gasteiger partial charge is 0.275 e. The van der Waals surface area contributed by atoms with Gasteiger partial charge in [0.15, 0.2) is 0 Å². The average Bonchev–Trinajstić information content (AvgIpc) is 2.97. The molecule has 0 bridgehead atoms. The Hall–Kier alpha value is -2.29. The lowest BCUT2D eigenvalue weighted by Gasteiger charge is -2.00. The minimum atomic E-state index is 0.417. The van der Waals surface area contributed by atoms with E-state index in [-0.39, 0.29) is 0 Å². The zero-order valence-electron chi connectivity index (χ0n) is 11.5. The Kier molecular flexibility index (Phi) is 4.42. The fourth-order valence-corrected chi connectivity index (χ4v) is 3.00. The van der Waals surface area contributed by atoms with Crippen molar-refractivity contribution in [3.63, 3.8) is 0 Å². The molecule has 0 fully saturated rings. The molecule has 4 nitrogen and oxygen atoms in total. The number of benzene rings is 1. The van der Waals surface area contributed by atoms with Gasteiger partial charge in [0, 0.05) is 17.5 Å². The van der Waals surface area contributed by atoms with Gasteiger partial charge in [-0.15, -0.1) is 0 Å². The standard InChI is InChI=1S/C16H11ClN4S/c17-14-7-6-12(9-19-14)15-13(8-18)16(21-20-15)22-10-11-4-2-1-3-5-11/h1-7,9H,10H2,(H,20,21). The van der Waals surface area contributed by atoms with Crippen molar-refractivity contribution in [2.45, 2.75) is 10.8 Å². The summed E-state index contributed by atoms with van der Waals surface area (Å²) in [5.74, 6) is 0.763. The summed E-state index contributed by atoms with van der Waals surface area (Å²) in [7, 11) is 0. The molecule has 0 spiro atoms. The van der Waals surface area contributed by atoms with Crippen LogP contribution in [0, 0.1) is 11.3 Å². The van der Waals surface area contributed by atoms with E-state index in [9.17, 15) is 5.26 Å². The van der Waals surface area contributed by atoms with Crippen LogP contribution in [-0.2, 0) is 5.75 Å². The summed E-state index contributed by atoms with van der Waals surface area (Å²) in [5.41, 5.74) is 3.18. The van der Waals surface area contributed by atoms with E-state index in [1.165, 1.54) is 17.3 Å². The lowest BCUT2D eigenvalue weighted by Crippen LogP contribution is -1.85. The van der Waals surface area contributed by atoms with Crippen LogP contribution in [0.15, 0.2) is 53.7 Å². The Bertz CT molecular complexity index is 806. The Labute approximate surface area is 137 Å². The van der Waals surface area contributed by atoms with E-state index in [4.69, 9.17) is 11.6 Å². The number of halogens is 1. The maximum absolute atomic E-state index is 9.43. The second-order valence-corrected chi connectivity index (χ2v) is 5.89. The van der Waals surface area contributed by atoms with Crippen molar-refractivity contribution in [1.82, 2.24) is 15.2 Å². The van der Waals surface area contributed by atoms with Crippen molar-refractivity contribution in [2.75, 3.05) is 0 Å². The summed E-state index contributed by atoms with van der Waals surface area (Å²) < 4.78 is 0. The van der Waals surface area contributed by atoms with Gasteiger partial charge in [0.2, 0.25) is 0 Å². The highest BCUT2D eigenvalue weighted by Crippen LogP contribution is 2.30. The molecule has 3 aromatic rings. The molecule has 22 heavy (non-hydrogen) atoms. The lowest BCUT2D eigenvalue weighted by molar-refractivity contribution is 1.00. The molecule has 0 aliphatic heterocycles. The van der Waals surface area contributed by atoms with Crippen LogP contribution in [0.2, 0.25) is 5.15 Å². The number of nitrogens with one attached hydrogen (secondary N) is 1. The van der Waals surface area contributed by atoms with Crippen LogP contribution in [0.5, 0.6) is 0 Å². The summed E-state index contributed by atoms with van der Waals surface area (Å²) in [6.45, 7) is 0. The van der Waals surface area contributed by atoms with E-state index < -0.39 is 0 Å². The number of aromatic amines is 1. The van der Waals surface area contributed by atoms with Gasteiger partial charge in [0.25, 0.3) is 0 Å². The molecule has 2 heterocycles. The van der Waals surface area contributed by atoms with Gasteiger partial charge >= 0.3 is 0 Å². The van der Waals surface area contributed by atoms with E-state index >= 15 is 0 Å². The van der Waals surface area contributed by atoms with Crippen LogP contribution in [-0.4, -0.2) is 15.2 Å². The molecule has 0 aliphatic carbocycles. The topological polar surface area (TPSA) is 65.4 Å². The molecular formula is C16H11ClN4S. The van der Waals surface area contributed by atoms with Gasteiger partial charge in [0.05, 0.1) is 5.69 Å². The fraction of sp³-hybridized carbons (Fsp3) is 0.0625. The molecule has 0 atom stereocenters. The summed E-state index contributed by atoms with van der Waals surface area (Å²) >= 11 is 7.32. The third-order valence-corrected chi connectivity index (χ3v) is 4.35. The molecule has 0 saturated heterocycles. The van der Waals surface area contributed by atoms with E-state index in [2.05, 4.69) is 33.4 Å². The molecule has 0 unspecified atom stereocenters. The molecule has 0 amide bonds. The van der Waals surface area contributed by atoms with Crippen molar-refractivity contribution in [3.8, 4) is 17.3 Å². The first-order valence-electron chi connectivity index (χ1n) is 6.55. The molecule has 3 rings (SSSR count). The average molecular weight is 327 g/mol. The fourth-order valence-electron chi connectivity index (χ4n) is 1.99. The number of pyridine rings is 1. The highest BCUT2D eigenvalue weighted by atomic mass is 35.5. The van der Waals surface area contributed by atoms with Crippen molar-refractivity contribution in [3.05, 3.63) is 64.9 Å². The van der Waals surface area contributed by atoms with Crippen LogP contribution in [0.1, 0.15) is 11.1 Å². The third-order valence-electron chi connectivity index (χ3n) is 3.08. The zero-order chi connectivity index (χ0) is 15.4. The Morgan fingerprint density at radius 2 is 2.00 bits per heavy atom. The molecule has 108 valence electrons. The predicted molar refractivity (Wildman–Crippen MR) is 87.5 cm³/mol. The van der Waals surface area contributed by atoms with Crippen LogP contribution < -0.4 is 0 Å². The SMILES string of the molecule is N#Cc1c(SCc2ccccc2)n[nH]c1-c1ccc(Cl)nc1. The van der Waals surface area contributed by atoms with Gasteiger partial charge in [-0.25, -0.2) is 4.98 Å². The molecular weight excluding hydrogens is 316 g/mol. The molecule has 2 aromatic heterocycles. The number of rotatable bonds is 4. The van der Waals surface area contributed by atoms with Gasteiger partial charge in [-0.1, -0.05) is 53.7 Å². The molecule has 6 heteroatoms. The van der Waals surface area contributed by atoms with Crippen LogP contribution in [0.3, 0.4) is 0 Å². The predicted octanol–water partition coefficient (Wildman–Crippen LogP) is 4.29. The Morgan fingerprint density at radius 3 is 2.68 bits per heavy atom. The first-order valence-corrected chi connectivity index (χ1v) is 7.91. The van der Waals surface area contributed by atoms with Gasteiger partial charge in [-0.2, -0.15) is 10.4 Å². The molecule has 1 aromatic carbocycles. The monoisotopic (exact) mass is 326 g/mol.